The van der Waals surface area contributed by atoms with Gasteiger partial charge < -0.3 is 15.4 Å². The number of carbonyl (C=O) groups excluding carboxylic acids is 1. The summed E-state index contributed by atoms with van der Waals surface area (Å²) in [5.74, 6) is 0.345. The lowest BCUT2D eigenvalue weighted by atomic mass is 10.2. The minimum atomic E-state index is -0.178. The molecule has 0 saturated carbocycles. The normalized spacial score (nSPS) is 9.50. The molecule has 0 heterocycles. The molecule has 102 valence electrons. The van der Waals surface area contributed by atoms with Gasteiger partial charge in [-0.2, -0.15) is 0 Å². The highest BCUT2D eigenvalue weighted by molar-refractivity contribution is 6.31. The molecule has 1 aromatic carbocycles. The number of ether oxygens (including phenoxy) is 1. The number of amides is 1. The Morgan fingerprint density at radius 1 is 1.39 bits per heavy atom. The second-order valence-corrected chi connectivity index (χ2v) is 3.89. The predicted octanol–water partition coefficient (Wildman–Crippen LogP) is 2.11. The molecular formula is C12H18Cl2N2O2. The smallest absolute Gasteiger partial charge is 0.255 e. The largest absolute Gasteiger partial charge is 0.496 e. The van der Waals surface area contributed by atoms with Crippen LogP contribution in [0.4, 0.5) is 0 Å². The number of benzene rings is 1. The minimum Gasteiger partial charge on any atom is -0.496 e. The van der Waals surface area contributed by atoms with E-state index < -0.39 is 0 Å². The molecule has 0 spiro atoms. The number of rotatable bonds is 6. The second kappa shape index (κ2) is 9.03. The molecule has 0 aliphatic carbocycles. The lowest BCUT2D eigenvalue weighted by Crippen LogP contribution is -2.31. The zero-order chi connectivity index (χ0) is 12.7. The number of hydrogen-bond donors (Lipinski definition) is 2. The van der Waals surface area contributed by atoms with Crippen molar-refractivity contribution in [1.29, 1.82) is 0 Å². The third-order valence-corrected chi connectivity index (χ3v) is 2.48. The Kier molecular flexibility index (Phi) is 8.54. The van der Waals surface area contributed by atoms with Crippen LogP contribution in [0.3, 0.4) is 0 Å². The van der Waals surface area contributed by atoms with Crippen molar-refractivity contribution in [2.75, 3.05) is 26.7 Å². The van der Waals surface area contributed by atoms with Crippen molar-refractivity contribution in [3.05, 3.63) is 28.8 Å². The molecule has 18 heavy (non-hydrogen) atoms. The van der Waals surface area contributed by atoms with Crippen LogP contribution in [0.25, 0.3) is 0 Å². The van der Waals surface area contributed by atoms with Gasteiger partial charge in [0.2, 0.25) is 0 Å². The van der Waals surface area contributed by atoms with E-state index in [4.69, 9.17) is 16.3 Å². The van der Waals surface area contributed by atoms with Crippen LogP contribution in [0.15, 0.2) is 18.2 Å². The highest BCUT2D eigenvalue weighted by Gasteiger charge is 2.11. The maximum atomic E-state index is 11.9. The molecule has 0 radical (unpaired) electrons. The van der Waals surface area contributed by atoms with E-state index in [1.54, 1.807) is 18.2 Å². The molecule has 0 aliphatic rings. The lowest BCUT2D eigenvalue weighted by molar-refractivity contribution is 0.0951. The Balaban J connectivity index is 0.00000289. The van der Waals surface area contributed by atoms with E-state index in [9.17, 15) is 4.79 Å². The van der Waals surface area contributed by atoms with Gasteiger partial charge in [0.1, 0.15) is 5.75 Å². The predicted molar refractivity (Wildman–Crippen MR) is 76.1 cm³/mol. The van der Waals surface area contributed by atoms with E-state index in [1.165, 1.54) is 7.11 Å². The molecule has 2 N–H and O–H groups in total. The van der Waals surface area contributed by atoms with Crippen molar-refractivity contribution in [3.63, 3.8) is 0 Å². The molecule has 0 fully saturated rings. The van der Waals surface area contributed by atoms with E-state index in [1.807, 2.05) is 6.92 Å². The molecule has 0 bridgehead atoms. The number of carbonyl (C=O) groups is 1. The van der Waals surface area contributed by atoms with Crippen molar-refractivity contribution in [2.45, 2.75) is 6.92 Å². The summed E-state index contributed by atoms with van der Waals surface area (Å²) in [6.07, 6.45) is 0. The van der Waals surface area contributed by atoms with Gasteiger partial charge in [-0.05, 0) is 24.7 Å². The molecule has 4 nitrogen and oxygen atoms in total. The minimum absolute atomic E-state index is 0. The molecule has 0 atom stereocenters. The van der Waals surface area contributed by atoms with E-state index in [0.717, 1.165) is 13.1 Å². The zero-order valence-corrected chi connectivity index (χ0v) is 12.0. The van der Waals surface area contributed by atoms with Gasteiger partial charge in [-0.3, -0.25) is 4.79 Å². The van der Waals surface area contributed by atoms with Crippen LogP contribution in [0.2, 0.25) is 5.02 Å². The maximum Gasteiger partial charge on any atom is 0.255 e. The van der Waals surface area contributed by atoms with Gasteiger partial charge in [0.25, 0.3) is 5.91 Å². The lowest BCUT2D eigenvalue weighted by Gasteiger charge is -2.09. The highest BCUT2D eigenvalue weighted by Crippen LogP contribution is 2.22. The average Bonchev–Trinajstić information content (AvgIpc) is 2.34. The SMILES string of the molecule is CCNCCNC(=O)c1cc(Cl)ccc1OC.Cl. The van der Waals surface area contributed by atoms with Gasteiger partial charge >= 0.3 is 0 Å². The molecule has 1 rings (SSSR count). The van der Waals surface area contributed by atoms with Gasteiger partial charge in [0, 0.05) is 18.1 Å². The van der Waals surface area contributed by atoms with Crippen molar-refractivity contribution in [3.8, 4) is 5.75 Å². The van der Waals surface area contributed by atoms with Crippen LogP contribution in [0.5, 0.6) is 5.75 Å². The summed E-state index contributed by atoms with van der Waals surface area (Å²) in [6.45, 7) is 4.21. The van der Waals surface area contributed by atoms with E-state index in [-0.39, 0.29) is 18.3 Å². The van der Waals surface area contributed by atoms with Crippen LogP contribution in [0.1, 0.15) is 17.3 Å². The summed E-state index contributed by atoms with van der Waals surface area (Å²) in [6, 6.07) is 4.97. The molecule has 0 unspecified atom stereocenters. The standard InChI is InChI=1S/C12H17ClN2O2.ClH/c1-3-14-6-7-15-12(16)10-8-9(13)4-5-11(10)17-2;/h4-5,8,14H,3,6-7H2,1-2H3,(H,15,16);1H. The van der Waals surface area contributed by atoms with E-state index >= 15 is 0 Å². The third kappa shape index (κ3) is 5.12. The summed E-state index contributed by atoms with van der Waals surface area (Å²) in [7, 11) is 1.53. The summed E-state index contributed by atoms with van der Waals surface area (Å²) >= 11 is 5.85. The fourth-order valence-electron chi connectivity index (χ4n) is 1.39. The van der Waals surface area contributed by atoms with Gasteiger partial charge in [-0.1, -0.05) is 18.5 Å². The first-order valence-corrected chi connectivity index (χ1v) is 5.89. The van der Waals surface area contributed by atoms with Gasteiger partial charge in [-0.25, -0.2) is 0 Å². The number of likely N-dealkylation sites (N-methyl/N-ethyl adjacent to an activating group) is 1. The molecule has 1 amide bonds. The number of hydrogen-bond acceptors (Lipinski definition) is 3. The monoisotopic (exact) mass is 292 g/mol. The van der Waals surface area contributed by atoms with Crippen molar-refractivity contribution in [2.24, 2.45) is 0 Å². The summed E-state index contributed by atoms with van der Waals surface area (Å²) in [4.78, 5) is 11.9. The Morgan fingerprint density at radius 3 is 2.72 bits per heavy atom. The Labute approximate surface area is 118 Å². The highest BCUT2D eigenvalue weighted by atomic mass is 35.5. The molecule has 6 heteroatoms. The van der Waals surface area contributed by atoms with Crippen LogP contribution < -0.4 is 15.4 Å². The fraction of sp³-hybridized carbons (Fsp3) is 0.417. The second-order valence-electron chi connectivity index (χ2n) is 3.45. The summed E-state index contributed by atoms with van der Waals surface area (Å²) in [5, 5.41) is 6.43. The first kappa shape index (κ1) is 17.0. The Morgan fingerprint density at radius 2 is 2.11 bits per heavy atom. The number of methoxy groups -OCH3 is 1. The fourth-order valence-corrected chi connectivity index (χ4v) is 1.57. The van der Waals surface area contributed by atoms with Crippen molar-refractivity contribution < 1.29 is 9.53 Å². The van der Waals surface area contributed by atoms with Crippen LogP contribution >= 0.6 is 24.0 Å². The van der Waals surface area contributed by atoms with Crippen LogP contribution in [0, 0.1) is 0 Å². The Hall–Kier alpha value is -0.970. The zero-order valence-electron chi connectivity index (χ0n) is 10.5. The van der Waals surface area contributed by atoms with Crippen LogP contribution in [-0.2, 0) is 0 Å². The van der Waals surface area contributed by atoms with Gasteiger partial charge in [-0.15, -0.1) is 12.4 Å². The van der Waals surface area contributed by atoms with E-state index in [2.05, 4.69) is 10.6 Å². The maximum absolute atomic E-state index is 11.9. The molecule has 0 aromatic heterocycles. The quantitative estimate of drug-likeness (QED) is 0.790. The third-order valence-electron chi connectivity index (χ3n) is 2.24. The molecular weight excluding hydrogens is 275 g/mol. The van der Waals surface area contributed by atoms with E-state index in [0.29, 0.717) is 22.9 Å². The van der Waals surface area contributed by atoms with Gasteiger partial charge in [0.05, 0.1) is 12.7 Å². The first-order valence-electron chi connectivity index (χ1n) is 5.51. The summed E-state index contributed by atoms with van der Waals surface area (Å²) < 4.78 is 5.11. The topological polar surface area (TPSA) is 50.4 Å². The van der Waals surface area contributed by atoms with Crippen molar-refractivity contribution >= 4 is 29.9 Å². The van der Waals surface area contributed by atoms with Crippen molar-refractivity contribution in [1.82, 2.24) is 10.6 Å². The first-order chi connectivity index (χ1) is 8.19. The summed E-state index contributed by atoms with van der Waals surface area (Å²) in [5.41, 5.74) is 0.455. The molecule has 0 aliphatic heterocycles. The molecule has 0 saturated heterocycles. The van der Waals surface area contributed by atoms with Crippen LogP contribution in [-0.4, -0.2) is 32.7 Å². The molecule has 1 aromatic rings. The van der Waals surface area contributed by atoms with Gasteiger partial charge in [0.15, 0.2) is 0 Å². The Bertz CT molecular complexity index is 386. The number of nitrogens with one attached hydrogen (secondary N) is 2. The number of halogens is 2. The average molecular weight is 293 g/mol.